The van der Waals surface area contributed by atoms with E-state index in [9.17, 15) is 23.5 Å². The van der Waals surface area contributed by atoms with Crippen LogP contribution in [0.15, 0.2) is 41.5 Å². The maximum absolute atomic E-state index is 12.9. The highest BCUT2D eigenvalue weighted by molar-refractivity contribution is 6.31. The van der Waals surface area contributed by atoms with Crippen molar-refractivity contribution >= 4 is 17.6 Å². The molecule has 11 heteroatoms. The smallest absolute Gasteiger partial charge is 0.326 e. The fourth-order valence-electron chi connectivity index (χ4n) is 3.05. The molecule has 0 fully saturated rings. The number of carboxylic acids is 1. The Morgan fingerprint density at radius 3 is 2.57 bits per heavy atom. The van der Waals surface area contributed by atoms with E-state index >= 15 is 0 Å². The van der Waals surface area contributed by atoms with E-state index in [1.165, 1.54) is 31.5 Å². The van der Waals surface area contributed by atoms with Crippen LogP contribution in [0.25, 0.3) is 16.8 Å². The Labute approximate surface area is 174 Å². The van der Waals surface area contributed by atoms with Crippen LogP contribution >= 0.6 is 11.6 Å². The van der Waals surface area contributed by atoms with E-state index in [4.69, 9.17) is 16.3 Å². The lowest BCUT2D eigenvalue weighted by Gasteiger charge is -2.18. The quantitative estimate of drug-likeness (QED) is 0.603. The Balaban J connectivity index is 2.22. The average Bonchev–Trinajstić information content (AvgIpc) is 3.19. The number of carbonyl (C=O) groups is 1. The molecule has 0 amide bonds. The molecule has 0 saturated heterocycles. The topological polar surface area (TPSA) is 99.2 Å². The lowest BCUT2D eigenvalue weighted by atomic mass is 10.0. The molecule has 2 aromatic heterocycles. The molecular formula is C19H17ClF2N4O4. The van der Waals surface area contributed by atoms with Gasteiger partial charge >= 0.3 is 5.97 Å². The number of carboxylic acid groups (broad SMARTS) is 1. The van der Waals surface area contributed by atoms with Gasteiger partial charge in [-0.15, -0.1) is 5.10 Å². The standard InChI is InChI=1S/C19H17ClF2N4O4/c1-3-14(19(28)29)25-9-16(30-2)12(7-17(25)27)11-6-10(20)4-5-15(11)26-8-13(18(21)22)23-24-26/h4-9,14,18H,3H2,1-2H3,(H,28,29). The fraction of sp³-hybridized carbons (Fsp3) is 0.263. The minimum absolute atomic E-state index is 0.190. The Morgan fingerprint density at radius 2 is 2.00 bits per heavy atom. The maximum Gasteiger partial charge on any atom is 0.326 e. The second-order valence-electron chi connectivity index (χ2n) is 6.31. The van der Waals surface area contributed by atoms with E-state index in [0.717, 1.165) is 15.4 Å². The summed E-state index contributed by atoms with van der Waals surface area (Å²) in [6, 6.07) is 4.75. The molecule has 3 aromatic rings. The molecule has 0 radical (unpaired) electrons. The number of alkyl halides is 2. The van der Waals surface area contributed by atoms with Crippen LogP contribution in [0.1, 0.15) is 31.5 Å². The van der Waals surface area contributed by atoms with Crippen molar-refractivity contribution in [2.45, 2.75) is 25.8 Å². The van der Waals surface area contributed by atoms with Gasteiger partial charge in [-0.3, -0.25) is 9.36 Å². The minimum atomic E-state index is -2.80. The summed E-state index contributed by atoms with van der Waals surface area (Å²) in [5.41, 5.74) is -0.0776. The largest absolute Gasteiger partial charge is 0.495 e. The van der Waals surface area contributed by atoms with E-state index < -0.39 is 29.7 Å². The lowest BCUT2D eigenvalue weighted by molar-refractivity contribution is -0.141. The molecule has 0 aliphatic rings. The van der Waals surface area contributed by atoms with Gasteiger partial charge in [-0.05, 0) is 24.6 Å². The van der Waals surface area contributed by atoms with E-state index in [0.29, 0.717) is 21.8 Å². The molecule has 8 nitrogen and oxygen atoms in total. The van der Waals surface area contributed by atoms with Crippen molar-refractivity contribution in [2.75, 3.05) is 7.11 Å². The van der Waals surface area contributed by atoms with Crippen LogP contribution in [0.3, 0.4) is 0 Å². The third-order valence-electron chi connectivity index (χ3n) is 4.50. The molecule has 0 aliphatic heterocycles. The van der Waals surface area contributed by atoms with Crippen molar-refractivity contribution < 1.29 is 23.4 Å². The molecule has 0 spiro atoms. The van der Waals surface area contributed by atoms with Crippen molar-refractivity contribution in [2.24, 2.45) is 0 Å². The molecule has 3 rings (SSSR count). The summed E-state index contributed by atoms with van der Waals surface area (Å²) in [6.07, 6.45) is -0.232. The summed E-state index contributed by atoms with van der Waals surface area (Å²) >= 11 is 6.12. The molecular weight excluding hydrogens is 422 g/mol. The number of methoxy groups -OCH3 is 1. The number of pyridine rings is 1. The van der Waals surface area contributed by atoms with Crippen molar-refractivity contribution in [1.29, 1.82) is 0 Å². The molecule has 30 heavy (non-hydrogen) atoms. The highest BCUT2D eigenvalue weighted by Crippen LogP contribution is 2.35. The van der Waals surface area contributed by atoms with Gasteiger partial charge < -0.3 is 9.84 Å². The van der Waals surface area contributed by atoms with E-state index in [1.54, 1.807) is 13.0 Å². The zero-order valence-corrected chi connectivity index (χ0v) is 16.7. The van der Waals surface area contributed by atoms with Gasteiger partial charge in [0.25, 0.3) is 12.0 Å². The second kappa shape index (κ2) is 8.62. The molecule has 1 atom stereocenters. The number of hydrogen-bond acceptors (Lipinski definition) is 5. The van der Waals surface area contributed by atoms with Crippen LogP contribution < -0.4 is 10.3 Å². The van der Waals surface area contributed by atoms with Gasteiger partial charge in [-0.25, -0.2) is 18.3 Å². The van der Waals surface area contributed by atoms with Gasteiger partial charge in [0, 0.05) is 22.2 Å². The van der Waals surface area contributed by atoms with Crippen molar-refractivity contribution in [1.82, 2.24) is 19.6 Å². The molecule has 1 N–H and O–H groups in total. The summed E-state index contributed by atoms with van der Waals surface area (Å²) < 4.78 is 33.4. The molecule has 1 aromatic carbocycles. The molecule has 0 saturated carbocycles. The number of benzene rings is 1. The van der Waals surface area contributed by atoms with Crippen molar-refractivity contribution in [3.63, 3.8) is 0 Å². The number of rotatable bonds is 7. The highest BCUT2D eigenvalue weighted by atomic mass is 35.5. The van der Waals surface area contributed by atoms with Gasteiger partial charge in [-0.2, -0.15) is 0 Å². The molecule has 158 valence electrons. The Bertz CT molecular complexity index is 1150. The highest BCUT2D eigenvalue weighted by Gasteiger charge is 2.22. The fourth-order valence-corrected chi connectivity index (χ4v) is 3.23. The van der Waals surface area contributed by atoms with E-state index in [2.05, 4.69) is 10.3 Å². The van der Waals surface area contributed by atoms with Gasteiger partial charge in [0.05, 0.1) is 25.2 Å². The third-order valence-corrected chi connectivity index (χ3v) is 4.74. The predicted molar refractivity (Wildman–Crippen MR) is 105 cm³/mol. The van der Waals surface area contributed by atoms with E-state index in [-0.39, 0.29) is 12.2 Å². The Hall–Kier alpha value is -3.27. The number of aromatic nitrogens is 4. The predicted octanol–water partition coefficient (Wildman–Crippen LogP) is 3.73. The number of ether oxygens (including phenoxy) is 1. The van der Waals surface area contributed by atoms with Crippen LogP contribution in [0, 0.1) is 0 Å². The summed E-state index contributed by atoms with van der Waals surface area (Å²) in [4.78, 5) is 24.2. The van der Waals surface area contributed by atoms with Gasteiger partial charge in [-0.1, -0.05) is 23.7 Å². The third kappa shape index (κ3) is 4.04. The molecule has 0 aliphatic carbocycles. The summed E-state index contributed by atoms with van der Waals surface area (Å²) in [6.45, 7) is 1.64. The molecule has 2 heterocycles. The molecule has 1 unspecified atom stereocenters. The number of halogens is 3. The monoisotopic (exact) mass is 438 g/mol. The summed E-state index contributed by atoms with van der Waals surface area (Å²) in [5, 5.41) is 16.9. The van der Waals surface area contributed by atoms with Crippen LogP contribution in [0.5, 0.6) is 5.75 Å². The first-order valence-electron chi connectivity index (χ1n) is 8.80. The van der Waals surface area contributed by atoms with Crippen LogP contribution in [-0.2, 0) is 4.79 Å². The SMILES string of the molecule is CCC(C(=O)O)n1cc(OC)c(-c2cc(Cl)ccc2-n2cc(C(F)F)nn2)cc1=O. The first-order chi connectivity index (χ1) is 14.3. The Morgan fingerprint density at radius 1 is 1.27 bits per heavy atom. The van der Waals surface area contributed by atoms with Crippen molar-refractivity contribution in [3.05, 3.63) is 57.7 Å². The number of nitrogens with zero attached hydrogens (tertiary/aromatic N) is 4. The minimum Gasteiger partial charge on any atom is -0.495 e. The number of aliphatic carboxylic acids is 1. The summed E-state index contributed by atoms with van der Waals surface area (Å²) in [5.74, 6) is -0.952. The first-order valence-corrected chi connectivity index (χ1v) is 9.18. The van der Waals surface area contributed by atoms with Crippen LogP contribution in [0.2, 0.25) is 5.02 Å². The van der Waals surface area contributed by atoms with Gasteiger partial charge in [0.15, 0.2) is 0 Å². The van der Waals surface area contributed by atoms with Crippen LogP contribution in [0.4, 0.5) is 8.78 Å². The first kappa shape index (κ1) is 21.4. The lowest BCUT2D eigenvalue weighted by Crippen LogP contribution is -2.29. The Kier molecular flexibility index (Phi) is 6.16. The molecule has 0 bridgehead atoms. The number of hydrogen-bond donors (Lipinski definition) is 1. The van der Waals surface area contributed by atoms with Gasteiger partial charge in [0.1, 0.15) is 17.5 Å². The van der Waals surface area contributed by atoms with Gasteiger partial charge in [0.2, 0.25) is 0 Å². The van der Waals surface area contributed by atoms with Crippen LogP contribution in [-0.4, -0.2) is 37.7 Å². The van der Waals surface area contributed by atoms with Crippen molar-refractivity contribution in [3.8, 4) is 22.6 Å². The average molecular weight is 439 g/mol. The maximum atomic E-state index is 12.9. The zero-order chi connectivity index (χ0) is 22.0. The normalized spacial score (nSPS) is 12.2. The van der Waals surface area contributed by atoms with E-state index in [1.807, 2.05) is 0 Å². The zero-order valence-electron chi connectivity index (χ0n) is 15.9. The summed E-state index contributed by atoms with van der Waals surface area (Å²) in [7, 11) is 1.37. The second-order valence-corrected chi connectivity index (χ2v) is 6.75.